The zero-order valence-corrected chi connectivity index (χ0v) is 15.8. The first-order valence-electron chi connectivity index (χ1n) is 8.77. The topological polar surface area (TPSA) is 0 Å². The van der Waals surface area contributed by atoms with E-state index in [1.165, 1.54) is 50.7 Å². The first-order chi connectivity index (χ1) is 12.4. The Bertz CT molecular complexity index is 992. The maximum atomic E-state index is 3.58. The molecule has 4 aromatic carbocycles. The summed E-state index contributed by atoms with van der Waals surface area (Å²) in [5.74, 6) is 0. The molecule has 1 aliphatic rings. The fraction of sp³-hybridized carbons (Fsp3) is 0.0833. The number of hydrogen-bond donors (Lipinski definition) is 0. The predicted octanol–water partition coefficient (Wildman–Crippen LogP) is 1.50. The molecule has 0 atom stereocenters. The molecule has 0 bridgehead atoms. The summed E-state index contributed by atoms with van der Waals surface area (Å²) >= 11 is 0. The van der Waals surface area contributed by atoms with Crippen molar-refractivity contribution in [2.45, 2.75) is 12.8 Å². The average Bonchev–Trinajstić information content (AvgIpc) is 3.11. The monoisotopic (exact) mass is 344 g/mol. The van der Waals surface area contributed by atoms with Crippen LogP contribution in [0.2, 0.25) is 0 Å². The summed E-state index contributed by atoms with van der Waals surface area (Å²) < 4.78 is 0. The Kier molecular flexibility index (Phi) is 5.02. The van der Waals surface area contributed by atoms with Crippen LogP contribution in [0.3, 0.4) is 0 Å². The Balaban J connectivity index is 0.00000168. The van der Waals surface area contributed by atoms with Crippen LogP contribution in [-0.2, 0) is 12.8 Å². The molecule has 0 aliphatic heterocycles. The van der Waals surface area contributed by atoms with Crippen molar-refractivity contribution in [1.29, 1.82) is 0 Å². The minimum absolute atomic E-state index is 0. The molecule has 0 fully saturated rings. The molecule has 26 heavy (non-hydrogen) atoms. The zero-order valence-electron chi connectivity index (χ0n) is 14.9. The van der Waals surface area contributed by atoms with Gasteiger partial charge in [-0.05, 0) is 23.5 Å². The molecule has 0 radical (unpaired) electrons. The average molecular weight is 344 g/mol. The van der Waals surface area contributed by atoms with Gasteiger partial charge in [-0.2, -0.15) is 0 Å². The molecule has 120 valence electrons. The van der Waals surface area contributed by atoms with Crippen LogP contribution in [-0.4, -0.2) is 0 Å². The summed E-state index contributed by atoms with van der Waals surface area (Å²) in [6.45, 7) is 0. The van der Waals surface area contributed by atoms with Gasteiger partial charge in [-0.15, -0.1) is 34.5 Å². The minimum atomic E-state index is -0.574. The summed E-state index contributed by atoms with van der Waals surface area (Å²) in [6, 6.07) is 34.5. The van der Waals surface area contributed by atoms with E-state index >= 15 is 0 Å². The number of aryl methyl sites for hydroxylation is 2. The quantitative estimate of drug-likeness (QED) is 0.300. The van der Waals surface area contributed by atoms with E-state index in [2.05, 4.69) is 91.0 Å². The van der Waals surface area contributed by atoms with Gasteiger partial charge in [-0.1, -0.05) is 91.6 Å². The Morgan fingerprint density at radius 1 is 0.654 bits per heavy atom. The molecule has 0 saturated carbocycles. The van der Waals surface area contributed by atoms with E-state index in [4.69, 9.17) is 0 Å². The van der Waals surface area contributed by atoms with E-state index in [-0.39, 0.29) is 18.9 Å². The van der Waals surface area contributed by atoms with Gasteiger partial charge in [0.25, 0.3) is 0 Å². The molecule has 0 unspecified atom stereocenters. The summed E-state index contributed by atoms with van der Waals surface area (Å²) in [4.78, 5) is 0. The summed E-state index contributed by atoms with van der Waals surface area (Å²) in [7, 11) is -0.574. The third kappa shape index (κ3) is 2.94. The van der Waals surface area contributed by atoms with Crippen LogP contribution in [0, 0.1) is 6.07 Å². The smallest absolute Gasteiger partial charge is 0.146 e. The van der Waals surface area contributed by atoms with Crippen molar-refractivity contribution in [3.05, 3.63) is 102 Å². The van der Waals surface area contributed by atoms with Crippen LogP contribution in [0.15, 0.2) is 84.9 Å². The number of benzene rings is 4. The van der Waals surface area contributed by atoms with E-state index in [0.29, 0.717) is 0 Å². The van der Waals surface area contributed by atoms with E-state index in [1.54, 1.807) is 0 Å². The van der Waals surface area contributed by atoms with Crippen LogP contribution in [0.5, 0.6) is 0 Å². The van der Waals surface area contributed by atoms with Gasteiger partial charge in [-0.3, -0.25) is 0 Å². The Labute approximate surface area is 168 Å². The molecule has 0 amide bonds. The van der Waals surface area contributed by atoms with Gasteiger partial charge >= 0.3 is 18.9 Å². The molecule has 0 spiro atoms. The Morgan fingerprint density at radius 2 is 1.23 bits per heavy atom. The third-order valence-electron chi connectivity index (χ3n) is 5.04. The first-order valence-corrected chi connectivity index (χ1v) is 10.1. The van der Waals surface area contributed by atoms with Crippen molar-refractivity contribution in [2.75, 3.05) is 0 Å². The SMILES string of the molecule is [Li+].[c-]1ccc2c3c(ccc(P(c4ccccc4)c4ccccc4)c13)CC2. The van der Waals surface area contributed by atoms with Gasteiger partial charge < -0.3 is 0 Å². The fourth-order valence-corrected chi connectivity index (χ4v) is 6.33. The van der Waals surface area contributed by atoms with Gasteiger partial charge in [0, 0.05) is 0 Å². The molecule has 0 heterocycles. The molecule has 4 aromatic rings. The van der Waals surface area contributed by atoms with Gasteiger partial charge in [0.1, 0.15) is 0 Å². The van der Waals surface area contributed by atoms with Gasteiger partial charge in [0.15, 0.2) is 0 Å². The van der Waals surface area contributed by atoms with Crippen LogP contribution >= 0.6 is 7.92 Å². The van der Waals surface area contributed by atoms with E-state index in [9.17, 15) is 0 Å². The standard InChI is InChI=1S/C24H18P.Li/c1-3-9-20(10-4-1)25(21-11-5-2-6-12-21)23-17-16-19-15-14-18-8-7-13-22(23)24(18)19;/h1-12,16-17H,14-15H2;/q-1;+1. The molecule has 0 aromatic heterocycles. The minimum Gasteiger partial charge on any atom is -0.146 e. The van der Waals surface area contributed by atoms with Gasteiger partial charge in [-0.25, -0.2) is 0 Å². The van der Waals surface area contributed by atoms with Crippen LogP contribution < -0.4 is 34.8 Å². The second-order valence-electron chi connectivity index (χ2n) is 6.50. The molecule has 0 saturated heterocycles. The van der Waals surface area contributed by atoms with Gasteiger partial charge in [0.05, 0.1) is 0 Å². The zero-order chi connectivity index (χ0) is 16.6. The molecule has 5 rings (SSSR count). The number of rotatable bonds is 3. The van der Waals surface area contributed by atoms with Crippen molar-refractivity contribution < 1.29 is 18.9 Å². The molecule has 1 aliphatic carbocycles. The van der Waals surface area contributed by atoms with E-state index < -0.39 is 7.92 Å². The molecule has 0 N–H and O–H groups in total. The first kappa shape index (κ1) is 17.6. The van der Waals surface area contributed by atoms with Crippen LogP contribution in [0.1, 0.15) is 11.1 Å². The normalized spacial score (nSPS) is 12.3. The van der Waals surface area contributed by atoms with E-state index in [0.717, 1.165) is 0 Å². The van der Waals surface area contributed by atoms with Crippen LogP contribution in [0.4, 0.5) is 0 Å². The maximum absolute atomic E-state index is 3.58. The number of hydrogen-bond acceptors (Lipinski definition) is 0. The molecular weight excluding hydrogens is 326 g/mol. The molecule has 0 nitrogen and oxygen atoms in total. The summed E-state index contributed by atoms with van der Waals surface area (Å²) in [5, 5.41) is 7.01. The van der Waals surface area contributed by atoms with Crippen molar-refractivity contribution in [3.63, 3.8) is 0 Å². The Hall–Kier alpha value is -1.83. The predicted molar refractivity (Wildman–Crippen MR) is 109 cm³/mol. The molecular formula is C24H18LiP. The second-order valence-corrected chi connectivity index (χ2v) is 8.69. The maximum Gasteiger partial charge on any atom is 1.00 e. The van der Waals surface area contributed by atoms with E-state index in [1.807, 2.05) is 0 Å². The summed E-state index contributed by atoms with van der Waals surface area (Å²) in [6.07, 6.45) is 2.33. The van der Waals surface area contributed by atoms with Crippen LogP contribution in [0.25, 0.3) is 10.8 Å². The second kappa shape index (κ2) is 7.42. The summed E-state index contributed by atoms with van der Waals surface area (Å²) in [5.41, 5.74) is 2.98. The van der Waals surface area contributed by atoms with Crippen molar-refractivity contribution in [1.82, 2.24) is 0 Å². The van der Waals surface area contributed by atoms with Crippen molar-refractivity contribution >= 4 is 34.6 Å². The Morgan fingerprint density at radius 3 is 1.85 bits per heavy atom. The largest absolute Gasteiger partial charge is 1.00 e. The van der Waals surface area contributed by atoms with Gasteiger partial charge in [0.2, 0.25) is 0 Å². The fourth-order valence-electron chi connectivity index (χ4n) is 3.91. The molecule has 2 heteroatoms. The van der Waals surface area contributed by atoms with Crippen molar-refractivity contribution in [3.8, 4) is 0 Å². The third-order valence-corrected chi connectivity index (χ3v) is 7.52. The van der Waals surface area contributed by atoms with Crippen molar-refractivity contribution in [2.24, 2.45) is 0 Å².